The minimum Gasteiger partial charge on any atom is -0.444 e. The monoisotopic (exact) mass is 329 g/mol. The van der Waals surface area contributed by atoms with Gasteiger partial charge < -0.3 is 25.5 Å². The van der Waals surface area contributed by atoms with Crippen LogP contribution in [0, 0.1) is 5.41 Å². The number of unbranched alkanes of at least 4 members (excludes halogenated alkanes) is 1. The molecule has 0 aliphatic rings. The van der Waals surface area contributed by atoms with Crippen LogP contribution in [0.1, 0.15) is 60.8 Å². The Morgan fingerprint density at radius 3 is 2.00 bits per heavy atom. The van der Waals surface area contributed by atoms with Crippen LogP contribution < -0.4 is 10.6 Å². The molecule has 0 aliphatic carbocycles. The van der Waals surface area contributed by atoms with Crippen LogP contribution in [0.3, 0.4) is 0 Å². The summed E-state index contributed by atoms with van der Waals surface area (Å²) < 4.78 is 10.3. The zero-order valence-corrected chi connectivity index (χ0v) is 15.1. The predicted octanol–water partition coefficient (Wildman–Crippen LogP) is 3.22. The highest BCUT2D eigenvalue weighted by molar-refractivity contribution is 5.74. The molecule has 0 unspecified atom stereocenters. The van der Waals surface area contributed by atoms with Crippen molar-refractivity contribution in [2.45, 2.75) is 78.0 Å². The van der Waals surface area contributed by atoms with E-state index >= 15 is 0 Å². The Morgan fingerprint density at radius 1 is 1.00 bits per heavy atom. The minimum absolute atomic E-state index is 0.369. The lowest BCUT2D eigenvalue weighted by molar-refractivity contribution is 0.0513. The van der Waals surface area contributed by atoms with E-state index in [0.717, 1.165) is 12.8 Å². The standard InChI is InChI=1S/C16H31N3O4/c1-15(2,3)22-13(20)18-10-8-7-9-12(11-17)19-14(21)23-16(4,5)6/h11-12,17H,7-10H2,1-6H3,(H,18,20)(H,19,21)/t12-/m0/s1. The third kappa shape index (κ3) is 13.6. The van der Waals surface area contributed by atoms with Gasteiger partial charge in [-0.1, -0.05) is 0 Å². The number of carbonyl (C=O) groups excluding carboxylic acids is 2. The number of hydrogen-bond acceptors (Lipinski definition) is 5. The van der Waals surface area contributed by atoms with Gasteiger partial charge in [0.15, 0.2) is 0 Å². The molecule has 0 fully saturated rings. The van der Waals surface area contributed by atoms with Crippen LogP contribution in [-0.2, 0) is 9.47 Å². The Hall–Kier alpha value is -1.79. The quantitative estimate of drug-likeness (QED) is 0.493. The summed E-state index contributed by atoms with van der Waals surface area (Å²) in [6, 6.07) is -0.369. The van der Waals surface area contributed by atoms with Gasteiger partial charge in [-0.2, -0.15) is 0 Å². The molecule has 1 atom stereocenters. The molecule has 7 heteroatoms. The summed E-state index contributed by atoms with van der Waals surface area (Å²) >= 11 is 0. The van der Waals surface area contributed by atoms with Crippen molar-refractivity contribution in [3.8, 4) is 0 Å². The van der Waals surface area contributed by atoms with E-state index in [0.29, 0.717) is 13.0 Å². The van der Waals surface area contributed by atoms with Crippen molar-refractivity contribution in [1.29, 1.82) is 5.41 Å². The van der Waals surface area contributed by atoms with E-state index in [2.05, 4.69) is 10.6 Å². The molecule has 0 aromatic heterocycles. The van der Waals surface area contributed by atoms with E-state index in [9.17, 15) is 9.59 Å². The van der Waals surface area contributed by atoms with E-state index in [-0.39, 0.29) is 6.04 Å². The largest absolute Gasteiger partial charge is 0.444 e. The van der Waals surface area contributed by atoms with Crippen molar-refractivity contribution in [2.75, 3.05) is 6.54 Å². The van der Waals surface area contributed by atoms with Gasteiger partial charge in [0.05, 0.1) is 6.04 Å². The molecule has 0 heterocycles. The summed E-state index contributed by atoms with van der Waals surface area (Å²) in [4.78, 5) is 23.1. The van der Waals surface area contributed by atoms with Gasteiger partial charge in [-0.3, -0.25) is 0 Å². The molecule has 7 nitrogen and oxygen atoms in total. The molecule has 0 aromatic rings. The Morgan fingerprint density at radius 2 is 1.52 bits per heavy atom. The second-order valence-electron chi connectivity index (χ2n) is 7.34. The van der Waals surface area contributed by atoms with Crippen LogP contribution in [0.25, 0.3) is 0 Å². The second-order valence-corrected chi connectivity index (χ2v) is 7.34. The van der Waals surface area contributed by atoms with Crippen molar-refractivity contribution in [1.82, 2.24) is 10.6 Å². The molecule has 134 valence electrons. The number of alkyl carbamates (subject to hydrolysis) is 2. The zero-order valence-electron chi connectivity index (χ0n) is 15.1. The molecule has 3 N–H and O–H groups in total. The van der Waals surface area contributed by atoms with Crippen LogP contribution >= 0.6 is 0 Å². The molecule has 23 heavy (non-hydrogen) atoms. The lowest BCUT2D eigenvalue weighted by atomic mass is 10.1. The molecule has 0 aromatic carbocycles. The first-order valence-electron chi connectivity index (χ1n) is 7.90. The van der Waals surface area contributed by atoms with Gasteiger partial charge in [0.1, 0.15) is 11.2 Å². The van der Waals surface area contributed by atoms with Crippen LogP contribution in [0.4, 0.5) is 9.59 Å². The van der Waals surface area contributed by atoms with Crippen molar-refractivity contribution >= 4 is 18.4 Å². The number of rotatable bonds is 7. The van der Waals surface area contributed by atoms with Crippen molar-refractivity contribution < 1.29 is 19.1 Å². The molecule has 2 amide bonds. The third-order valence-corrected chi connectivity index (χ3v) is 2.51. The molecule has 0 saturated heterocycles. The number of amides is 2. The van der Waals surface area contributed by atoms with E-state index in [1.807, 2.05) is 20.8 Å². The number of carbonyl (C=O) groups is 2. The van der Waals surface area contributed by atoms with Gasteiger partial charge in [0, 0.05) is 12.8 Å². The Labute approximate surface area is 139 Å². The lowest BCUT2D eigenvalue weighted by Crippen LogP contribution is -2.40. The summed E-state index contributed by atoms with van der Waals surface area (Å²) in [6.07, 6.45) is 2.32. The van der Waals surface area contributed by atoms with Gasteiger partial charge in [0.2, 0.25) is 0 Å². The fourth-order valence-corrected chi connectivity index (χ4v) is 1.65. The van der Waals surface area contributed by atoms with Crippen LogP contribution in [0.5, 0.6) is 0 Å². The zero-order chi connectivity index (χ0) is 18.1. The van der Waals surface area contributed by atoms with Crippen LogP contribution in [0.2, 0.25) is 0 Å². The molecule has 0 radical (unpaired) electrons. The van der Waals surface area contributed by atoms with Crippen LogP contribution in [0.15, 0.2) is 0 Å². The van der Waals surface area contributed by atoms with Gasteiger partial charge in [-0.05, 0) is 60.8 Å². The van der Waals surface area contributed by atoms with Crippen LogP contribution in [-0.4, -0.2) is 42.2 Å². The molecule has 0 saturated carbocycles. The molecular formula is C16H31N3O4. The fourth-order valence-electron chi connectivity index (χ4n) is 1.65. The highest BCUT2D eigenvalue weighted by atomic mass is 16.6. The highest BCUT2D eigenvalue weighted by Gasteiger charge is 2.18. The average Bonchev–Trinajstić information content (AvgIpc) is 2.32. The average molecular weight is 329 g/mol. The first-order valence-corrected chi connectivity index (χ1v) is 7.90. The predicted molar refractivity (Wildman–Crippen MR) is 90.0 cm³/mol. The van der Waals surface area contributed by atoms with Crippen molar-refractivity contribution in [3.05, 3.63) is 0 Å². The maximum Gasteiger partial charge on any atom is 0.408 e. The summed E-state index contributed by atoms with van der Waals surface area (Å²) in [5.74, 6) is 0. The number of ether oxygens (including phenoxy) is 2. The molecule has 0 rings (SSSR count). The normalized spacial score (nSPS) is 13.0. The summed E-state index contributed by atoms with van der Waals surface area (Å²) in [6.45, 7) is 11.3. The third-order valence-electron chi connectivity index (χ3n) is 2.51. The van der Waals surface area contributed by atoms with Crippen molar-refractivity contribution in [2.24, 2.45) is 0 Å². The smallest absolute Gasteiger partial charge is 0.408 e. The first kappa shape index (κ1) is 21.2. The van der Waals surface area contributed by atoms with Gasteiger partial charge in [-0.25, -0.2) is 9.59 Å². The summed E-state index contributed by atoms with van der Waals surface area (Å²) in [5, 5.41) is 12.7. The summed E-state index contributed by atoms with van der Waals surface area (Å²) in [5.41, 5.74) is -1.07. The second kappa shape index (κ2) is 9.37. The van der Waals surface area contributed by atoms with Crippen molar-refractivity contribution in [3.63, 3.8) is 0 Å². The molecule has 0 aliphatic heterocycles. The lowest BCUT2D eigenvalue weighted by Gasteiger charge is -2.22. The van der Waals surface area contributed by atoms with E-state index in [1.165, 1.54) is 6.21 Å². The first-order chi connectivity index (χ1) is 10.4. The van der Waals surface area contributed by atoms with Gasteiger partial charge in [0.25, 0.3) is 0 Å². The SMILES string of the molecule is CC(C)(C)OC(=O)NCCCC[C@@H](C=N)NC(=O)OC(C)(C)C. The molecule has 0 bridgehead atoms. The Kier molecular flexibility index (Phi) is 8.64. The molecule has 0 spiro atoms. The maximum absolute atomic E-state index is 11.6. The number of hydrogen-bond donors (Lipinski definition) is 3. The Balaban J connectivity index is 3.90. The number of nitrogens with one attached hydrogen (secondary N) is 3. The maximum atomic E-state index is 11.6. The van der Waals surface area contributed by atoms with Gasteiger partial charge in [-0.15, -0.1) is 0 Å². The fraction of sp³-hybridized carbons (Fsp3) is 0.812. The van der Waals surface area contributed by atoms with E-state index < -0.39 is 23.4 Å². The minimum atomic E-state index is -0.562. The topological polar surface area (TPSA) is 101 Å². The Bertz CT molecular complexity index is 397. The van der Waals surface area contributed by atoms with Gasteiger partial charge >= 0.3 is 12.2 Å². The summed E-state index contributed by atoms with van der Waals surface area (Å²) in [7, 11) is 0. The van der Waals surface area contributed by atoms with E-state index in [4.69, 9.17) is 14.9 Å². The highest BCUT2D eigenvalue weighted by Crippen LogP contribution is 2.08. The van der Waals surface area contributed by atoms with E-state index in [1.54, 1.807) is 20.8 Å². The molecular weight excluding hydrogens is 298 g/mol.